The summed E-state index contributed by atoms with van der Waals surface area (Å²) in [6, 6.07) is 14.1. The van der Waals surface area contributed by atoms with Crippen molar-refractivity contribution in [3.05, 3.63) is 65.4 Å². The molecule has 2 aliphatic rings. The molecular formula is C24H27NO7. The van der Waals surface area contributed by atoms with Crippen molar-refractivity contribution in [2.24, 2.45) is 0 Å². The van der Waals surface area contributed by atoms with Gasteiger partial charge in [-0.05, 0) is 54.0 Å². The van der Waals surface area contributed by atoms with E-state index in [2.05, 4.69) is 29.2 Å². The molecule has 8 heteroatoms. The topological polar surface area (TPSA) is 124 Å². The van der Waals surface area contributed by atoms with Crippen LogP contribution in [-0.4, -0.2) is 62.7 Å². The van der Waals surface area contributed by atoms with Gasteiger partial charge in [-0.3, -0.25) is 0 Å². The summed E-state index contributed by atoms with van der Waals surface area (Å²) in [6.07, 6.45) is -1.77. The molecule has 3 aromatic rings. The number of H-pyrrole nitrogens is 1. The van der Waals surface area contributed by atoms with E-state index in [0.717, 1.165) is 22.4 Å². The Morgan fingerprint density at radius 2 is 1.78 bits per heavy atom. The summed E-state index contributed by atoms with van der Waals surface area (Å²) in [5, 5.41) is 40.4. The van der Waals surface area contributed by atoms with E-state index in [4.69, 9.17) is 14.5 Å². The summed E-state index contributed by atoms with van der Waals surface area (Å²) in [5.41, 5.74) is 4.44. The highest BCUT2D eigenvalue weighted by Gasteiger charge is 2.45. The predicted molar refractivity (Wildman–Crippen MR) is 115 cm³/mol. The van der Waals surface area contributed by atoms with E-state index in [1.54, 1.807) is 12.1 Å². The number of ether oxygens (including phenoxy) is 1. The van der Waals surface area contributed by atoms with E-state index >= 15 is 0 Å². The van der Waals surface area contributed by atoms with Crippen molar-refractivity contribution < 1.29 is 34.9 Å². The number of aromatic nitrogens is 1. The van der Waals surface area contributed by atoms with Gasteiger partial charge < -0.3 is 35.0 Å². The lowest BCUT2D eigenvalue weighted by atomic mass is 9.99. The van der Waals surface area contributed by atoms with Gasteiger partial charge in [-0.2, -0.15) is 4.89 Å². The monoisotopic (exact) mass is 441 g/mol. The number of aliphatic hydroxyl groups excluding tert-OH is 4. The molecule has 0 spiro atoms. The van der Waals surface area contributed by atoms with Gasteiger partial charge in [-0.1, -0.05) is 30.3 Å². The maximum Gasteiger partial charge on any atom is 0.188 e. The molecular weight excluding hydrogens is 414 g/mol. The molecule has 170 valence electrons. The first-order valence-corrected chi connectivity index (χ1v) is 10.9. The van der Waals surface area contributed by atoms with E-state index in [0.29, 0.717) is 12.2 Å². The van der Waals surface area contributed by atoms with Crippen molar-refractivity contribution in [1.82, 2.24) is 4.98 Å². The van der Waals surface area contributed by atoms with E-state index in [1.807, 2.05) is 12.3 Å². The maximum atomic E-state index is 10.3. The average Bonchev–Trinajstić information content (AvgIpc) is 3.58. The highest BCUT2D eigenvalue weighted by molar-refractivity contribution is 5.89. The van der Waals surface area contributed by atoms with Crippen LogP contribution in [0.3, 0.4) is 0 Å². The van der Waals surface area contributed by atoms with Gasteiger partial charge in [0, 0.05) is 17.1 Å². The lowest BCUT2D eigenvalue weighted by Crippen LogP contribution is -2.59. The molecule has 0 bridgehead atoms. The van der Waals surface area contributed by atoms with Gasteiger partial charge in [0.1, 0.15) is 18.3 Å². The number of nitrogens with one attached hydrogen (secondary N) is 1. The summed E-state index contributed by atoms with van der Waals surface area (Å²) in [7, 11) is 0. The van der Waals surface area contributed by atoms with Crippen molar-refractivity contribution in [1.29, 1.82) is 0 Å². The Labute approximate surface area is 184 Å². The zero-order valence-corrected chi connectivity index (χ0v) is 17.4. The molecule has 1 aliphatic carbocycles. The quantitative estimate of drug-likeness (QED) is 0.279. The number of hydrogen-bond acceptors (Lipinski definition) is 7. The van der Waals surface area contributed by atoms with Crippen molar-refractivity contribution in [3.8, 4) is 5.75 Å². The molecule has 2 heterocycles. The highest BCUT2D eigenvalue weighted by atomic mass is 17.2. The van der Waals surface area contributed by atoms with Gasteiger partial charge >= 0.3 is 0 Å². The van der Waals surface area contributed by atoms with Crippen molar-refractivity contribution in [2.75, 3.05) is 6.61 Å². The number of aromatic amines is 1. The SMILES string of the molecule is OC[C@H]1O[C@@H](O)[C@H](OOc2cccc3[nH]cc(Cc4ccc(C5CC5)cc4)c23)[C@@H](O)[C@@H]1O. The maximum absolute atomic E-state index is 10.3. The van der Waals surface area contributed by atoms with Crippen LogP contribution in [0.1, 0.15) is 35.4 Å². The van der Waals surface area contributed by atoms with Crippen LogP contribution in [-0.2, 0) is 16.0 Å². The van der Waals surface area contributed by atoms with Crippen LogP contribution in [0, 0.1) is 0 Å². The second-order valence-electron chi connectivity index (χ2n) is 8.56. The zero-order chi connectivity index (χ0) is 22.2. The van der Waals surface area contributed by atoms with Gasteiger partial charge in [-0.25, -0.2) is 0 Å². The Hall–Kier alpha value is -2.46. The van der Waals surface area contributed by atoms with E-state index < -0.39 is 37.3 Å². The van der Waals surface area contributed by atoms with Crippen LogP contribution >= 0.6 is 0 Å². The van der Waals surface area contributed by atoms with Crippen LogP contribution in [0.5, 0.6) is 5.75 Å². The normalized spacial score (nSPS) is 28.2. The van der Waals surface area contributed by atoms with Crippen LogP contribution in [0.25, 0.3) is 10.9 Å². The van der Waals surface area contributed by atoms with Crippen molar-refractivity contribution in [2.45, 2.75) is 55.9 Å². The third kappa shape index (κ3) is 4.13. The molecule has 8 nitrogen and oxygen atoms in total. The highest BCUT2D eigenvalue weighted by Crippen LogP contribution is 2.40. The Kier molecular flexibility index (Phi) is 5.90. The molecule has 1 aliphatic heterocycles. The fraction of sp³-hybridized carbons (Fsp3) is 0.417. The fourth-order valence-electron chi connectivity index (χ4n) is 4.26. The van der Waals surface area contributed by atoms with Gasteiger partial charge in [0.25, 0.3) is 0 Å². The number of hydrogen-bond donors (Lipinski definition) is 5. The van der Waals surface area contributed by atoms with E-state index in [1.165, 1.54) is 24.0 Å². The Morgan fingerprint density at radius 1 is 1.00 bits per heavy atom. The molecule has 1 aromatic heterocycles. The third-order valence-corrected chi connectivity index (χ3v) is 6.26. The van der Waals surface area contributed by atoms with E-state index in [9.17, 15) is 20.4 Å². The van der Waals surface area contributed by atoms with Gasteiger partial charge in [0.15, 0.2) is 18.1 Å². The lowest BCUT2D eigenvalue weighted by molar-refractivity contribution is -0.364. The lowest BCUT2D eigenvalue weighted by Gasteiger charge is -2.38. The standard InChI is InChI=1S/C24H27NO7/c26-12-19-21(27)22(28)23(24(29)30-19)32-31-18-3-1-2-17-20(18)16(11-25-17)10-13-4-6-14(7-5-13)15-8-9-15/h1-7,11,15,19,21-29H,8-10,12H2/t19-,21-,22+,23-,24-/m1/s1. The predicted octanol–water partition coefficient (Wildman–Crippen LogP) is 1.75. The second kappa shape index (κ2) is 8.82. The minimum Gasteiger partial charge on any atom is -0.394 e. The first-order valence-electron chi connectivity index (χ1n) is 10.9. The van der Waals surface area contributed by atoms with E-state index in [-0.39, 0.29) is 0 Å². The first-order chi connectivity index (χ1) is 15.5. The van der Waals surface area contributed by atoms with Crippen LogP contribution < -0.4 is 4.89 Å². The molecule has 0 radical (unpaired) electrons. The van der Waals surface area contributed by atoms with Crippen molar-refractivity contribution >= 4 is 10.9 Å². The minimum atomic E-state index is -1.57. The largest absolute Gasteiger partial charge is 0.394 e. The van der Waals surface area contributed by atoms with Crippen LogP contribution in [0.15, 0.2) is 48.7 Å². The molecule has 1 saturated carbocycles. The molecule has 32 heavy (non-hydrogen) atoms. The molecule has 5 rings (SSSR count). The van der Waals surface area contributed by atoms with Gasteiger partial charge in [0.2, 0.25) is 0 Å². The first kappa shape index (κ1) is 21.4. The number of benzene rings is 2. The van der Waals surface area contributed by atoms with Crippen LogP contribution in [0.2, 0.25) is 0 Å². The average molecular weight is 441 g/mol. The third-order valence-electron chi connectivity index (χ3n) is 6.26. The number of rotatable bonds is 7. The Bertz CT molecular complexity index is 1060. The molecule has 2 fully saturated rings. The molecule has 0 unspecified atom stereocenters. The number of fused-ring (bicyclic) bond motifs is 1. The van der Waals surface area contributed by atoms with Gasteiger partial charge in [0.05, 0.1) is 6.61 Å². The molecule has 5 atom stereocenters. The smallest absolute Gasteiger partial charge is 0.188 e. The summed E-state index contributed by atoms with van der Waals surface area (Å²) in [4.78, 5) is 14.1. The molecule has 0 amide bonds. The Morgan fingerprint density at radius 3 is 2.50 bits per heavy atom. The minimum absolute atomic E-state index is 0.409. The van der Waals surface area contributed by atoms with Crippen molar-refractivity contribution in [3.63, 3.8) is 0 Å². The summed E-state index contributed by atoms with van der Waals surface area (Å²) in [6.45, 7) is -0.545. The Balaban J connectivity index is 1.34. The summed E-state index contributed by atoms with van der Waals surface area (Å²) in [5.74, 6) is 1.13. The second-order valence-corrected chi connectivity index (χ2v) is 8.56. The summed E-state index contributed by atoms with van der Waals surface area (Å²) < 4.78 is 5.11. The molecule has 2 aromatic carbocycles. The molecule has 5 N–H and O–H groups in total. The van der Waals surface area contributed by atoms with Crippen LogP contribution in [0.4, 0.5) is 0 Å². The number of aliphatic hydroxyl groups is 4. The fourth-order valence-corrected chi connectivity index (χ4v) is 4.26. The zero-order valence-electron chi connectivity index (χ0n) is 17.4. The molecule has 1 saturated heterocycles. The van der Waals surface area contributed by atoms with Gasteiger partial charge in [-0.15, -0.1) is 0 Å². The summed E-state index contributed by atoms with van der Waals surface area (Å²) >= 11 is 0.